The lowest BCUT2D eigenvalue weighted by molar-refractivity contribution is -0.146. The molecule has 0 aliphatic carbocycles. The second-order valence-corrected chi connectivity index (χ2v) is 10.6. The maximum absolute atomic E-state index is 13.2. The predicted octanol–water partition coefficient (Wildman–Crippen LogP) is 1.08. The molecule has 0 unspecified atom stereocenters. The Morgan fingerprint density at radius 3 is 2.70 bits per heavy atom. The van der Waals surface area contributed by atoms with Gasteiger partial charge in [-0.1, -0.05) is 0 Å². The number of rotatable bonds is 5. The quantitative estimate of drug-likeness (QED) is 0.669. The first-order valence-corrected chi connectivity index (χ1v) is 13.0. The molecule has 2 fully saturated rings. The third kappa shape index (κ3) is 5.42. The average Bonchev–Trinajstić information content (AvgIpc) is 2.82. The van der Waals surface area contributed by atoms with Crippen LogP contribution in [0.4, 0.5) is 5.69 Å². The van der Waals surface area contributed by atoms with Crippen LogP contribution in [0.3, 0.4) is 0 Å². The summed E-state index contributed by atoms with van der Waals surface area (Å²) in [6, 6.07) is 4.48. The molecule has 3 aliphatic heterocycles. The Kier molecular flexibility index (Phi) is 7.10. The maximum atomic E-state index is 13.2. The fourth-order valence-corrected chi connectivity index (χ4v) is 5.11. The summed E-state index contributed by atoms with van der Waals surface area (Å²) in [6.45, 7) is 4.10. The number of hydrogen-bond donors (Lipinski definition) is 1. The molecule has 1 N–H and O–H groups in total. The summed E-state index contributed by atoms with van der Waals surface area (Å²) < 4.78 is 43.8. The van der Waals surface area contributed by atoms with Crippen molar-refractivity contribution in [2.24, 2.45) is 0 Å². The Morgan fingerprint density at radius 2 is 1.97 bits per heavy atom. The Balaban J connectivity index is 1.46. The van der Waals surface area contributed by atoms with Gasteiger partial charge in [-0.2, -0.15) is 0 Å². The van der Waals surface area contributed by atoms with Crippen LogP contribution in [0, 0.1) is 0 Å². The minimum absolute atomic E-state index is 0.0605. The van der Waals surface area contributed by atoms with E-state index in [2.05, 4.69) is 4.72 Å². The lowest BCUT2D eigenvalue weighted by Crippen LogP contribution is -2.54. The smallest absolute Gasteiger partial charge is 0.257 e. The zero-order chi connectivity index (χ0) is 23.6. The normalized spacial score (nSPS) is 25.9. The topological polar surface area (TPSA) is 114 Å². The summed E-state index contributed by atoms with van der Waals surface area (Å²) in [4.78, 5) is 29.3. The molecule has 11 heteroatoms. The highest BCUT2D eigenvalue weighted by Crippen LogP contribution is 2.33. The highest BCUT2D eigenvalue weighted by molar-refractivity contribution is 7.92. The lowest BCUT2D eigenvalue weighted by atomic mass is 9.94. The van der Waals surface area contributed by atoms with Crippen LogP contribution in [0.1, 0.15) is 36.5 Å². The number of morpholine rings is 1. The van der Waals surface area contributed by atoms with Crippen LogP contribution in [0.2, 0.25) is 0 Å². The van der Waals surface area contributed by atoms with Gasteiger partial charge in [-0.25, -0.2) is 8.42 Å². The molecule has 2 saturated heterocycles. The minimum Gasteiger partial charge on any atom is -0.490 e. The number of ether oxygens (including phenoxy) is 3. The number of hydrogen-bond acceptors (Lipinski definition) is 7. The number of amides is 2. The summed E-state index contributed by atoms with van der Waals surface area (Å²) in [5, 5.41) is 0. The number of nitrogens with one attached hydrogen (secondary N) is 1. The number of carbonyl (C=O) groups is 2. The van der Waals surface area contributed by atoms with E-state index < -0.39 is 10.0 Å². The van der Waals surface area contributed by atoms with E-state index in [1.807, 2.05) is 4.90 Å². The highest BCUT2D eigenvalue weighted by Gasteiger charge is 2.39. The first-order chi connectivity index (χ1) is 15.8. The van der Waals surface area contributed by atoms with Crippen LogP contribution < -0.4 is 9.46 Å². The Bertz CT molecular complexity index is 994. The van der Waals surface area contributed by atoms with Crippen LogP contribution in [0.15, 0.2) is 18.2 Å². The molecule has 10 nitrogen and oxygen atoms in total. The van der Waals surface area contributed by atoms with Gasteiger partial charge in [0.15, 0.2) is 0 Å². The van der Waals surface area contributed by atoms with E-state index >= 15 is 0 Å². The number of carbonyl (C=O) groups excluding carboxylic acids is 2. The van der Waals surface area contributed by atoms with Gasteiger partial charge in [-0.3, -0.25) is 14.3 Å². The van der Waals surface area contributed by atoms with Gasteiger partial charge in [0, 0.05) is 25.8 Å². The van der Waals surface area contributed by atoms with Crippen molar-refractivity contribution in [1.29, 1.82) is 0 Å². The number of benzene rings is 1. The van der Waals surface area contributed by atoms with Crippen molar-refractivity contribution in [3.8, 4) is 5.75 Å². The molecule has 4 rings (SSSR count). The van der Waals surface area contributed by atoms with E-state index in [1.54, 1.807) is 31.0 Å². The molecule has 1 aromatic rings. The standard InChI is InChI=1S/C22H31N3O7S/c1-3-33(28,29)23-15-4-7-19-17(12-15)22(27)24(2)18-6-5-16(32-20(18)14-31-19)13-21(26)25-8-10-30-11-9-25/h4,7,12,16,18,20,23H,3,5-6,8-11,13-14H2,1-2H3/t16-,18+,20+/m0/s1. The monoisotopic (exact) mass is 481 g/mol. The fourth-order valence-electron chi connectivity index (χ4n) is 4.48. The molecule has 0 bridgehead atoms. The molecule has 1 aromatic carbocycles. The van der Waals surface area contributed by atoms with Gasteiger partial charge in [-0.15, -0.1) is 0 Å². The number of nitrogens with zero attached hydrogens (tertiary/aromatic N) is 2. The summed E-state index contributed by atoms with van der Waals surface area (Å²) in [5.74, 6) is 0.110. The molecule has 3 atom stereocenters. The Labute approximate surface area is 194 Å². The molecule has 2 amide bonds. The van der Waals surface area contributed by atoms with Gasteiger partial charge in [0.05, 0.1) is 43.1 Å². The highest BCUT2D eigenvalue weighted by atomic mass is 32.2. The van der Waals surface area contributed by atoms with Crippen molar-refractivity contribution in [3.05, 3.63) is 23.8 Å². The number of likely N-dealkylation sites (N-methyl/N-ethyl adjacent to an activating group) is 1. The van der Waals surface area contributed by atoms with E-state index in [9.17, 15) is 18.0 Å². The molecule has 3 aliphatic rings. The molecule has 33 heavy (non-hydrogen) atoms. The first-order valence-electron chi connectivity index (χ1n) is 11.3. The van der Waals surface area contributed by atoms with Gasteiger partial charge in [0.1, 0.15) is 18.5 Å². The van der Waals surface area contributed by atoms with E-state index in [4.69, 9.17) is 14.2 Å². The molecule has 182 valence electrons. The van der Waals surface area contributed by atoms with Crippen molar-refractivity contribution < 1.29 is 32.2 Å². The van der Waals surface area contributed by atoms with Crippen LogP contribution in [-0.2, 0) is 24.3 Å². The van der Waals surface area contributed by atoms with Gasteiger partial charge < -0.3 is 24.0 Å². The van der Waals surface area contributed by atoms with Gasteiger partial charge in [0.25, 0.3) is 5.91 Å². The van der Waals surface area contributed by atoms with Crippen LogP contribution in [0.25, 0.3) is 0 Å². The largest absolute Gasteiger partial charge is 0.490 e. The van der Waals surface area contributed by atoms with Gasteiger partial charge >= 0.3 is 0 Å². The zero-order valence-electron chi connectivity index (χ0n) is 19.0. The molecule has 0 spiro atoms. The van der Waals surface area contributed by atoms with Crippen molar-refractivity contribution >= 4 is 27.5 Å². The summed E-state index contributed by atoms with van der Waals surface area (Å²) in [6.07, 6.45) is 1.07. The maximum Gasteiger partial charge on any atom is 0.257 e. The van der Waals surface area contributed by atoms with Gasteiger partial charge in [-0.05, 0) is 38.0 Å². The predicted molar refractivity (Wildman–Crippen MR) is 121 cm³/mol. The summed E-state index contributed by atoms with van der Waals surface area (Å²) in [5.41, 5.74) is 0.622. The lowest BCUT2D eigenvalue weighted by Gasteiger charge is -2.42. The Hall–Kier alpha value is -2.37. The van der Waals surface area contributed by atoms with E-state index in [0.29, 0.717) is 62.6 Å². The first kappa shape index (κ1) is 23.8. The van der Waals surface area contributed by atoms with Crippen LogP contribution in [-0.4, -0.2) is 94.0 Å². The minimum atomic E-state index is -3.46. The molecular formula is C22H31N3O7S. The molecule has 0 aromatic heterocycles. The van der Waals surface area contributed by atoms with Gasteiger partial charge in [0.2, 0.25) is 15.9 Å². The molecular weight excluding hydrogens is 450 g/mol. The number of anilines is 1. The zero-order valence-corrected chi connectivity index (χ0v) is 19.8. The Morgan fingerprint density at radius 1 is 1.21 bits per heavy atom. The molecule has 3 heterocycles. The second-order valence-electron chi connectivity index (χ2n) is 8.58. The van der Waals surface area contributed by atoms with E-state index in [0.717, 1.165) is 0 Å². The second kappa shape index (κ2) is 9.86. The summed E-state index contributed by atoms with van der Waals surface area (Å²) >= 11 is 0. The van der Waals surface area contributed by atoms with Crippen LogP contribution >= 0.6 is 0 Å². The van der Waals surface area contributed by atoms with Crippen molar-refractivity contribution in [3.63, 3.8) is 0 Å². The van der Waals surface area contributed by atoms with Crippen molar-refractivity contribution in [2.75, 3.05) is 50.4 Å². The van der Waals surface area contributed by atoms with Crippen molar-refractivity contribution in [1.82, 2.24) is 9.80 Å². The fraction of sp³-hybridized carbons (Fsp3) is 0.636. The van der Waals surface area contributed by atoms with E-state index in [1.165, 1.54) is 6.07 Å². The number of fused-ring (bicyclic) bond motifs is 2. The average molecular weight is 482 g/mol. The van der Waals surface area contributed by atoms with Crippen LogP contribution in [0.5, 0.6) is 5.75 Å². The van der Waals surface area contributed by atoms with Crippen molar-refractivity contribution in [2.45, 2.75) is 44.4 Å². The molecule has 0 radical (unpaired) electrons. The summed E-state index contributed by atoms with van der Waals surface area (Å²) in [7, 11) is -1.74. The third-order valence-corrected chi connectivity index (χ3v) is 7.74. The number of sulfonamides is 1. The third-order valence-electron chi connectivity index (χ3n) is 6.43. The SMILES string of the molecule is CCS(=O)(=O)Nc1ccc2c(c1)C(=O)N(C)[C@@H]1CC[C@@H](CC(=O)N3CCOCC3)O[C@@H]1CO2. The van der Waals surface area contributed by atoms with E-state index in [-0.39, 0.29) is 42.4 Å². The molecule has 0 saturated carbocycles.